The Bertz CT molecular complexity index is 1410. The second kappa shape index (κ2) is 12.5. The van der Waals surface area contributed by atoms with Crippen LogP contribution in [0.3, 0.4) is 0 Å². The third-order valence-corrected chi connectivity index (χ3v) is 7.26. The maximum Gasteiger partial charge on any atom is 0.270 e. The zero-order valence-electron chi connectivity index (χ0n) is 21.2. The Balaban J connectivity index is 1.50. The average molecular weight is 567 g/mol. The summed E-state index contributed by atoms with van der Waals surface area (Å²) < 4.78 is 12.0. The zero-order chi connectivity index (χ0) is 27.2. The van der Waals surface area contributed by atoms with Crippen LogP contribution in [0.5, 0.6) is 11.5 Å². The summed E-state index contributed by atoms with van der Waals surface area (Å²) in [6, 6.07) is 18.7. The van der Waals surface area contributed by atoms with Gasteiger partial charge in [-0.1, -0.05) is 66.8 Å². The van der Waals surface area contributed by atoms with Crippen LogP contribution in [0.4, 0.5) is 11.4 Å². The molecule has 196 valence electrons. The molecule has 3 aromatic rings. The van der Waals surface area contributed by atoms with Crippen LogP contribution in [-0.2, 0) is 16.0 Å². The van der Waals surface area contributed by atoms with E-state index in [4.69, 9.17) is 33.3 Å². The van der Waals surface area contributed by atoms with Gasteiger partial charge < -0.3 is 14.8 Å². The molecule has 2 amide bonds. The number of nitrogens with one attached hydrogen (secondary N) is 1. The molecule has 1 saturated heterocycles. The summed E-state index contributed by atoms with van der Waals surface area (Å²) in [7, 11) is 0. The summed E-state index contributed by atoms with van der Waals surface area (Å²) in [5.41, 5.74) is 4.28. The van der Waals surface area contributed by atoms with Gasteiger partial charge in [-0.2, -0.15) is 0 Å². The van der Waals surface area contributed by atoms with E-state index in [0.29, 0.717) is 32.8 Å². The fourth-order valence-corrected chi connectivity index (χ4v) is 5.41. The number of anilines is 2. The van der Waals surface area contributed by atoms with Gasteiger partial charge in [0.2, 0.25) is 0 Å². The Morgan fingerprint density at radius 1 is 1.11 bits per heavy atom. The van der Waals surface area contributed by atoms with Crippen molar-refractivity contribution in [3.8, 4) is 11.5 Å². The van der Waals surface area contributed by atoms with E-state index in [2.05, 4.69) is 12.2 Å². The Morgan fingerprint density at radius 3 is 2.55 bits per heavy atom. The molecule has 1 heterocycles. The summed E-state index contributed by atoms with van der Waals surface area (Å²) in [4.78, 5) is 27.6. The molecule has 0 radical (unpaired) electrons. The smallest absolute Gasteiger partial charge is 0.270 e. The van der Waals surface area contributed by atoms with Crippen molar-refractivity contribution < 1.29 is 19.1 Å². The van der Waals surface area contributed by atoms with Crippen LogP contribution in [0.15, 0.2) is 65.6 Å². The SMILES string of the molecule is CCOc1cc(/C=C2\SC(=S)N(c3cccc(C)c3)C2=O)cc(Cl)c1OCC(=O)Nc1ccc(CC)cc1. The van der Waals surface area contributed by atoms with Crippen LogP contribution >= 0.6 is 35.6 Å². The lowest BCUT2D eigenvalue weighted by atomic mass is 10.1. The summed E-state index contributed by atoms with van der Waals surface area (Å²) in [6.07, 6.45) is 2.65. The van der Waals surface area contributed by atoms with Gasteiger partial charge in [0.25, 0.3) is 11.8 Å². The van der Waals surface area contributed by atoms with Gasteiger partial charge in [0.05, 0.1) is 22.2 Å². The molecule has 0 bridgehead atoms. The number of hydrogen-bond acceptors (Lipinski definition) is 6. The first-order valence-electron chi connectivity index (χ1n) is 12.1. The predicted octanol–water partition coefficient (Wildman–Crippen LogP) is 7.03. The quantitative estimate of drug-likeness (QED) is 0.221. The molecule has 6 nitrogen and oxygen atoms in total. The van der Waals surface area contributed by atoms with Gasteiger partial charge in [-0.05, 0) is 79.4 Å². The highest BCUT2D eigenvalue weighted by molar-refractivity contribution is 8.27. The lowest BCUT2D eigenvalue weighted by Crippen LogP contribution is -2.27. The third-order valence-electron chi connectivity index (χ3n) is 5.68. The molecule has 1 fully saturated rings. The first-order chi connectivity index (χ1) is 18.3. The molecular weight excluding hydrogens is 540 g/mol. The molecule has 0 unspecified atom stereocenters. The maximum absolute atomic E-state index is 13.2. The molecule has 1 aliphatic heterocycles. The van der Waals surface area contributed by atoms with E-state index in [1.54, 1.807) is 18.2 Å². The Kier molecular flexibility index (Phi) is 9.09. The second-order valence-corrected chi connectivity index (χ2v) is 10.6. The highest BCUT2D eigenvalue weighted by Crippen LogP contribution is 2.40. The number of ether oxygens (including phenoxy) is 2. The van der Waals surface area contributed by atoms with Gasteiger partial charge >= 0.3 is 0 Å². The number of thioether (sulfide) groups is 1. The third kappa shape index (κ3) is 6.56. The monoisotopic (exact) mass is 566 g/mol. The van der Waals surface area contributed by atoms with E-state index in [1.807, 2.05) is 62.4 Å². The van der Waals surface area contributed by atoms with Gasteiger partial charge in [0.1, 0.15) is 0 Å². The highest BCUT2D eigenvalue weighted by Gasteiger charge is 2.33. The van der Waals surface area contributed by atoms with Gasteiger partial charge in [-0.15, -0.1) is 0 Å². The minimum Gasteiger partial charge on any atom is -0.490 e. The number of nitrogens with zero attached hydrogens (tertiary/aromatic N) is 1. The first kappa shape index (κ1) is 27.7. The second-order valence-electron chi connectivity index (χ2n) is 8.51. The highest BCUT2D eigenvalue weighted by atomic mass is 35.5. The molecule has 3 aromatic carbocycles. The summed E-state index contributed by atoms with van der Waals surface area (Å²) in [5.74, 6) is 0.107. The standard InChI is InChI=1S/C29H27ClN2O4S2/c1-4-19-9-11-21(12-10-19)31-26(33)17-36-27-23(30)14-20(15-24(27)35-5-2)16-25-28(34)32(29(37)38-25)22-8-6-7-18(3)13-22/h6-16H,4-5,17H2,1-3H3,(H,31,33)/b25-16-. The largest absolute Gasteiger partial charge is 0.490 e. The van der Waals surface area contributed by atoms with Crippen molar-refractivity contribution in [3.05, 3.63) is 87.3 Å². The minimum absolute atomic E-state index is 0.205. The van der Waals surface area contributed by atoms with Gasteiger partial charge in [-0.3, -0.25) is 14.5 Å². The van der Waals surface area contributed by atoms with Gasteiger partial charge in [0.15, 0.2) is 22.4 Å². The normalized spacial score (nSPS) is 14.2. The van der Waals surface area contributed by atoms with E-state index in [-0.39, 0.29) is 29.2 Å². The number of halogens is 1. The van der Waals surface area contributed by atoms with Crippen molar-refractivity contribution in [2.45, 2.75) is 27.2 Å². The van der Waals surface area contributed by atoms with Crippen molar-refractivity contribution in [1.29, 1.82) is 0 Å². The van der Waals surface area contributed by atoms with Crippen molar-refractivity contribution in [2.75, 3.05) is 23.4 Å². The molecule has 0 spiro atoms. The Hall–Kier alpha value is -3.33. The van der Waals surface area contributed by atoms with Crippen LogP contribution in [-0.4, -0.2) is 29.3 Å². The molecule has 1 aliphatic rings. The molecule has 0 saturated carbocycles. The Morgan fingerprint density at radius 2 is 1.87 bits per heavy atom. The average Bonchev–Trinajstić information content (AvgIpc) is 3.16. The summed E-state index contributed by atoms with van der Waals surface area (Å²) in [6.45, 7) is 5.99. The number of carbonyl (C=O) groups excluding carboxylic acids is 2. The summed E-state index contributed by atoms with van der Waals surface area (Å²) in [5, 5.41) is 3.07. The van der Waals surface area contributed by atoms with Crippen LogP contribution in [0.2, 0.25) is 5.02 Å². The molecule has 1 N–H and O–H groups in total. The molecular formula is C29H27ClN2O4S2. The topological polar surface area (TPSA) is 67.9 Å². The fraction of sp³-hybridized carbons (Fsp3) is 0.207. The number of benzene rings is 3. The van der Waals surface area contributed by atoms with E-state index in [9.17, 15) is 9.59 Å². The summed E-state index contributed by atoms with van der Waals surface area (Å²) >= 11 is 13.3. The van der Waals surface area contributed by atoms with Gasteiger partial charge in [0, 0.05) is 5.69 Å². The molecule has 0 aliphatic carbocycles. The molecule has 0 atom stereocenters. The lowest BCUT2D eigenvalue weighted by Gasteiger charge is -2.15. The van der Waals surface area contributed by atoms with E-state index < -0.39 is 0 Å². The van der Waals surface area contributed by atoms with E-state index >= 15 is 0 Å². The number of carbonyl (C=O) groups is 2. The number of hydrogen-bond donors (Lipinski definition) is 1. The van der Waals surface area contributed by atoms with Crippen LogP contribution in [0.25, 0.3) is 6.08 Å². The van der Waals surface area contributed by atoms with Crippen LogP contribution in [0, 0.1) is 6.92 Å². The van der Waals surface area contributed by atoms with Gasteiger partial charge in [-0.25, -0.2) is 0 Å². The lowest BCUT2D eigenvalue weighted by molar-refractivity contribution is -0.118. The molecule has 0 aromatic heterocycles. The Labute approximate surface area is 237 Å². The number of aryl methyl sites for hydroxylation is 2. The first-order valence-corrected chi connectivity index (χ1v) is 13.7. The minimum atomic E-state index is -0.323. The van der Waals surface area contributed by atoms with Crippen molar-refractivity contribution >= 4 is 69.2 Å². The van der Waals surface area contributed by atoms with Crippen LogP contribution in [0.1, 0.15) is 30.5 Å². The molecule has 4 rings (SSSR count). The molecule has 9 heteroatoms. The van der Waals surface area contributed by atoms with Crippen LogP contribution < -0.4 is 19.7 Å². The number of rotatable bonds is 9. The predicted molar refractivity (Wildman–Crippen MR) is 159 cm³/mol. The molecule has 38 heavy (non-hydrogen) atoms. The number of thiocarbonyl (C=S) groups is 1. The number of amides is 2. The maximum atomic E-state index is 13.2. The van der Waals surface area contributed by atoms with E-state index in [0.717, 1.165) is 17.7 Å². The van der Waals surface area contributed by atoms with E-state index in [1.165, 1.54) is 22.2 Å². The zero-order valence-corrected chi connectivity index (χ0v) is 23.6. The van der Waals surface area contributed by atoms with Crippen molar-refractivity contribution in [1.82, 2.24) is 0 Å². The fourth-order valence-electron chi connectivity index (χ4n) is 3.84. The van der Waals surface area contributed by atoms with Crippen molar-refractivity contribution in [2.24, 2.45) is 0 Å². The van der Waals surface area contributed by atoms with Crippen molar-refractivity contribution in [3.63, 3.8) is 0 Å².